The molecule has 0 radical (unpaired) electrons. The summed E-state index contributed by atoms with van der Waals surface area (Å²) in [6.45, 7) is 2.74. The molecule has 0 aliphatic rings. The lowest BCUT2D eigenvalue weighted by atomic mass is 10.3. The van der Waals surface area contributed by atoms with Crippen molar-refractivity contribution in [3.05, 3.63) is 29.3 Å². The molecule has 106 valence electrons. The highest BCUT2D eigenvalue weighted by atomic mass is 35.5. The summed E-state index contributed by atoms with van der Waals surface area (Å²) in [5.74, 6) is 1.62. The first-order chi connectivity index (χ1) is 9.58. The van der Waals surface area contributed by atoms with Crippen LogP contribution in [0.4, 0.5) is 23.5 Å². The van der Waals surface area contributed by atoms with E-state index in [2.05, 4.69) is 25.6 Å². The Morgan fingerprint density at radius 3 is 2.30 bits per heavy atom. The van der Waals surface area contributed by atoms with Crippen molar-refractivity contribution >= 4 is 35.1 Å². The normalized spacial score (nSPS) is 10.2. The molecule has 0 fully saturated rings. The predicted molar refractivity (Wildman–Crippen MR) is 83.1 cm³/mol. The topological polar surface area (TPSA) is 66.0 Å². The maximum Gasteiger partial charge on any atom is 0.233 e. The summed E-state index contributed by atoms with van der Waals surface area (Å²) in [5, 5.41) is 6.91. The third-order valence-corrected chi connectivity index (χ3v) is 2.71. The van der Waals surface area contributed by atoms with Crippen molar-refractivity contribution in [2.45, 2.75) is 6.92 Å². The Morgan fingerprint density at radius 2 is 1.70 bits per heavy atom. The second kappa shape index (κ2) is 6.38. The van der Waals surface area contributed by atoms with Crippen LogP contribution in [0.3, 0.4) is 0 Å². The monoisotopic (exact) mass is 292 g/mol. The first kappa shape index (κ1) is 14.3. The van der Waals surface area contributed by atoms with Crippen LogP contribution in [0.25, 0.3) is 0 Å². The Labute approximate surface area is 123 Å². The lowest BCUT2D eigenvalue weighted by Gasteiger charge is -2.13. The first-order valence-corrected chi connectivity index (χ1v) is 6.66. The average Bonchev–Trinajstić information content (AvgIpc) is 2.41. The first-order valence-electron chi connectivity index (χ1n) is 6.28. The van der Waals surface area contributed by atoms with Gasteiger partial charge in [0.05, 0.1) is 0 Å². The molecular formula is C13H17ClN6. The number of halogens is 1. The molecule has 0 amide bonds. The van der Waals surface area contributed by atoms with Gasteiger partial charge in [-0.1, -0.05) is 11.6 Å². The molecular weight excluding hydrogens is 276 g/mol. The van der Waals surface area contributed by atoms with E-state index in [0.29, 0.717) is 22.9 Å². The number of anilines is 4. The molecule has 0 aliphatic carbocycles. The van der Waals surface area contributed by atoms with E-state index < -0.39 is 0 Å². The minimum absolute atomic E-state index is 0.488. The lowest BCUT2D eigenvalue weighted by molar-refractivity contribution is 0.953. The highest BCUT2D eigenvalue weighted by Crippen LogP contribution is 2.18. The molecule has 2 rings (SSSR count). The number of rotatable bonds is 5. The number of hydrogen-bond donors (Lipinski definition) is 2. The lowest BCUT2D eigenvalue weighted by Crippen LogP contribution is -2.16. The van der Waals surface area contributed by atoms with Crippen molar-refractivity contribution in [3.8, 4) is 0 Å². The maximum absolute atomic E-state index is 5.86. The fraction of sp³-hybridized carbons (Fsp3) is 0.308. The molecule has 1 heterocycles. The number of nitrogens with one attached hydrogen (secondary N) is 2. The maximum atomic E-state index is 5.86. The number of nitrogens with zero attached hydrogens (tertiary/aromatic N) is 4. The highest BCUT2D eigenvalue weighted by molar-refractivity contribution is 6.30. The summed E-state index contributed by atoms with van der Waals surface area (Å²) in [6.07, 6.45) is 0. The fourth-order valence-electron chi connectivity index (χ4n) is 1.52. The third kappa shape index (κ3) is 3.71. The van der Waals surface area contributed by atoms with Crippen LogP contribution >= 0.6 is 11.6 Å². The van der Waals surface area contributed by atoms with Crippen LogP contribution in [0.1, 0.15) is 6.92 Å². The van der Waals surface area contributed by atoms with Crippen molar-refractivity contribution in [1.29, 1.82) is 0 Å². The molecule has 7 heteroatoms. The van der Waals surface area contributed by atoms with Gasteiger partial charge in [0.1, 0.15) is 0 Å². The van der Waals surface area contributed by atoms with Crippen LogP contribution in [0.15, 0.2) is 24.3 Å². The fourth-order valence-corrected chi connectivity index (χ4v) is 1.65. The van der Waals surface area contributed by atoms with Crippen LogP contribution in [-0.4, -0.2) is 35.6 Å². The van der Waals surface area contributed by atoms with Crippen molar-refractivity contribution in [2.75, 3.05) is 36.2 Å². The van der Waals surface area contributed by atoms with Gasteiger partial charge in [-0.05, 0) is 31.2 Å². The highest BCUT2D eigenvalue weighted by Gasteiger charge is 2.07. The molecule has 20 heavy (non-hydrogen) atoms. The molecule has 0 spiro atoms. The van der Waals surface area contributed by atoms with E-state index in [0.717, 1.165) is 12.2 Å². The molecule has 2 aromatic rings. The number of benzene rings is 1. The van der Waals surface area contributed by atoms with Crippen LogP contribution < -0.4 is 15.5 Å². The molecule has 0 bridgehead atoms. The zero-order valence-electron chi connectivity index (χ0n) is 11.7. The van der Waals surface area contributed by atoms with Crippen LogP contribution in [0.5, 0.6) is 0 Å². The van der Waals surface area contributed by atoms with E-state index in [4.69, 9.17) is 11.6 Å². The van der Waals surface area contributed by atoms with Crippen LogP contribution in [0, 0.1) is 0 Å². The van der Waals surface area contributed by atoms with Gasteiger partial charge in [-0.2, -0.15) is 15.0 Å². The molecule has 2 N–H and O–H groups in total. The van der Waals surface area contributed by atoms with E-state index in [1.165, 1.54) is 0 Å². The molecule has 1 aromatic carbocycles. The Bertz CT molecular complexity index is 570. The standard InChI is InChI=1S/C13H17ClN6/c1-4-15-11-17-12(19-13(18-11)20(2)3)16-10-7-5-9(14)6-8-10/h5-8H,4H2,1-3H3,(H2,15,16,17,18,19). The van der Waals surface area contributed by atoms with Gasteiger partial charge in [0, 0.05) is 31.4 Å². The number of hydrogen-bond acceptors (Lipinski definition) is 6. The van der Waals surface area contributed by atoms with E-state index >= 15 is 0 Å². The summed E-state index contributed by atoms with van der Waals surface area (Å²) in [4.78, 5) is 14.8. The van der Waals surface area contributed by atoms with Gasteiger partial charge in [0.25, 0.3) is 0 Å². The smallest absolute Gasteiger partial charge is 0.233 e. The second-order valence-corrected chi connectivity index (χ2v) is 4.78. The molecule has 0 saturated heterocycles. The third-order valence-electron chi connectivity index (χ3n) is 2.46. The zero-order valence-corrected chi connectivity index (χ0v) is 12.4. The van der Waals surface area contributed by atoms with E-state index in [-0.39, 0.29) is 0 Å². The van der Waals surface area contributed by atoms with Crippen molar-refractivity contribution in [1.82, 2.24) is 15.0 Å². The quantitative estimate of drug-likeness (QED) is 0.883. The zero-order chi connectivity index (χ0) is 14.5. The summed E-state index contributed by atoms with van der Waals surface area (Å²) in [5.41, 5.74) is 0.868. The SMILES string of the molecule is CCNc1nc(Nc2ccc(Cl)cc2)nc(N(C)C)n1. The van der Waals surface area contributed by atoms with E-state index in [1.54, 1.807) is 0 Å². The van der Waals surface area contributed by atoms with E-state index in [9.17, 15) is 0 Å². The summed E-state index contributed by atoms with van der Waals surface area (Å²) in [6, 6.07) is 7.36. The number of aromatic nitrogens is 3. The minimum Gasteiger partial charge on any atom is -0.354 e. The van der Waals surface area contributed by atoms with Gasteiger partial charge in [-0.3, -0.25) is 0 Å². The molecule has 0 unspecified atom stereocenters. The van der Waals surface area contributed by atoms with E-state index in [1.807, 2.05) is 50.2 Å². The summed E-state index contributed by atoms with van der Waals surface area (Å²) >= 11 is 5.86. The van der Waals surface area contributed by atoms with Crippen LogP contribution in [0.2, 0.25) is 5.02 Å². The van der Waals surface area contributed by atoms with Crippen molar-refractivity contribution < 1.29 is 0 Å². The Hall–Kier alpha value is -2.08. The molecule has 0 aliphatic heterocycles. The average molecular weight is 293 g/mol. The predicted octanol–water partition coefficient (Wildman–Crippen LogP) is 2.77. The van der Waals surface area contributed by atoms with Gasteiger partial charge >= 0.3 is 0 Å². The molecule has 6 nitrogen and oxygen atoms in total. The van der Waals surface area contributed by atoms with Gasteiger partial charge < -0.3 is 15.5 Å². The molecule has 1 aromatic heterocycles. The minimum atomic E-state index is 0.488. The van der Waals surface area contributed by atoms with Crippen LogP contribution in [-0.2, 0) is 0 Å². The van der Waals surface area contributed by atoms with Gasteiger partial charge in [-0.15, -0.1) is 0 Å². The van der Waals surface area contributed by atoms with Gasteiger partial charge in [0.15, 0.2) is 0 Å². The Morgan fingerprint density at radius 1 is 1.05 bits per heavy atom. The van der Waals surface area contributed by atoms with Gasteiger partial charge in [0.2, 0.25) is 17.8 Å². The largest absolute Gasteiger partial charge is 0.354 e. The summed E-state index contributed by atoms with van der Waals surface area (Å²) in [7, 11) is 3.77. The molecule has 0 atom stereocenters. The van der Waals surface area contributed by atoms with Crippen molar-refractivity contribution in [2.24, 2.45) is 0 Å². The molecule has 0 saturated carbocycles. The van der Waals surface area contributed by atoms with Gasteiger partial charge in [-0.25, -0.2) is 0 Å². The Kier molecular flexibility index (Phi) is 4.57. The summed E-state index contributed by atoms with van der Waals surface area (Å²) < 4.78 is 0. The second-order valence-electron chi connectivity index (χ2n) is 4.34. The Balaban J connectivity index is 2.27. The van der Waals surface area contributed by atoms with Crippen molar-refractivity contribution in [3.63, 3.8) is 0 Å².